The van der Waals surface area contributed by atoms with Crippen LogP contribution in [0.3, 0.4) is 0 Å². The molecule has 0 bridgehead atoms. The molecule has 1 aliphatic heterocycles. The number of hydrogen-bond acceptors (Lipinski definition) is 1. The van der Waals surface area contributed by atoms with Crippen molar-refractivity contribution in [2.45, 2.75) is 6.54 Å². The summed E-state index contributed by atoms with van der Waals surface area (Å²) in [5.41, 5.74) is 1.53. The van der Waals surface area contributed by atoms with Crippen LogP contribution in [-0.4, -0.2) is 15.7 Å². The molecule has 0 atom stereocenters. The van der Waals surface area contributed by atoms with Crippen molar-refractivity contribution >= 4 is 14.7 Å². The van der Waals surface area contributed by atoms with Gasteiger partial charge in [0.05, 0.1) is 9.52 Å². The standard InChI is InChI=1S/C8H11NSi/c1-2-4-8-7(3-1)5-9-6-10-8/h1-4,9H,5-6,10H2. The largest absolute Gasteiger partial charge is 0.316 e. The van der Waals surface area contributed by atoms with E-state index in [0.717, 1.165) is 6.54 Å². The second-order valence-corrected chi connectivity index (χ2v) is 4.46. The van der Waals surface area contributed by atoms with Crippen molar-refractivity contribution < 1.29 is 0 Å². The van der Waals surface area contributed by atoms with E-state index in [9.17, 15) is 0 Å². The average Bonchev–Trinajstić information content (AvgIpc) is 2.05. The molecule has 0 amide bonds. The van der Waals surface area contributed by atoms with Gasteiger partial charge in [-0.25, -0.2) is 0 Å². The molecule has 0 aromatic heterocycles. The van der Waals surface area contributed by atoms with Gasteiger partial charge in [0.15, 0.2) is 0 Å². The third-order valence-electron chi connectivity index (χ3n) is 2.00. The van der Waals surface area contributed by atoms with E-state index in [2.05, 4.69) is 29.6 Å². The normalized spacial score (nSPS) is 18.8. The molecule has 1 nitrogen and oxygen atoms in total. The lowest BCUT2D eigenvalue weighted by atomic mass is 10.2. The van der Waals surface area contributed by atoms with E-state index < -0.39 is 0 Å². The fraction of sp³-hybridized carbons (Fsp3) is 0.250. The predicted molar refractivity (Wildman–Crippen MR) is 46.3 cm³/mol. The van der Waals surface area contributed by atoms with Crippen LogP contribution in [0.5, 0.6) is 0 Å². The Morgan fingerprint density at radius 2 is 2.20 bits per heavy atom. The smallest absolute Gasteiger partial charge is 0.0705 e. The zero-order chi connectivity index (χ0) is 6.81. The highest BCUT2D eigenvalue weighted by atomic mass is 28.2. The van der Waals surface area contributed by atoms with Gasteiger partial charge in [-0.1, -0.05) is 29.5 Å². The minimum Gasteiger partial charge on any atom is -0.316 e. The molecular weight excluding hydrogens is 138 g/mol. The topological polar surface area (TPSA) is 12.0 Å². The van der Waals surface area contributed by atoms with E-state index in [1.165, 1.54) is 11.7 Å². The van der Waals surface area contributed by atoms with Gasteiger partial charge in [0, 0.05) is 6.54 Å². The van der Waals surface area contributed by atoms with Crippen LogP contribution in [0, 0.1) is 0 Å². The number of rotatable bonds is 0. The van der Waals surface area contributed by atoms with Crippen molar-refractivity contribution in [2.75, 3.05) is 6.17 Å². The fourth-order valence-electron chi connectivity index (χ4n) is 1.42. The second kappa shape index (κ2) is 2.56. The monoisotopic (exact) mass is 149 g/mol. The molecule has 0 radical (unpaired) electrons. The van der Waals surface area contributed by atoms with Crippen molar-refractivity contribution in [3.8, 4) is 0 Å². The number of hydrogen-bond donors (Lipinski definition) is 1. The maximum atomic E-state index is 3.40. The summed E-state index contributed by atoms with van der Waals surface area (Å²) in [5, 5.41) is 5.06. The molecule has 0 saturated heterocycles. The molecule has 0 aliphatic carbocycles. The van der Waals surface area contributed by atoms with Gasteiger partial charge in [0.25, 0.3) is 0 Å². The molecule has 0 fully saturated rings. The minimum absolute atomic E-state index is 0.0457. The Balaban J connectivity index is 2.41. The highest BCUT2D eigenvalue weighted by molar-refractivity contribution is 6.54. The third kappa shape index (κ3) is 1.00. The molecule has 1 heterocycles. The summed E-state index contributed by atoms with van der Waals surface area (Å²) in [6.45, 7) is 1.09. The lowest BCUT2D eigenvalue weighted by Crippen LogP contribution is -2.37. The molecule has 1 aliphatic rings. The third-order valence-corrected chi connectivity index (χ3v) is 3.84. The van der Waals surface area contributed by atoms with Crippen molar-refractivity contribution in [2.24, 2.45) is 0 Å². The summed E-state index contributed by atoms with van der Waals surface area (Å²) >= 11 is 0. The van der Waals surface area contributed by atoms with Crippen molar-refractivity contribution in [1.82, 2.24) is 5.32 Å². The highest BCUT2D eigenvalue weighted by Gasteiger charge is 2.05. The Hall–Kier alpha value is -0.603. The summed E-state index contributed by atoms with van der Waals surface area (Å²) in [6.07, 6.45) is 1.27. The SMILES string of the molecule is c1ccc2c(c1)CNC[SiH2]2. The van der Waals surface area contributed by atoms with Crippen LogP contribution in [-0.2, 0) is 6.54 Å². The van der Waals surface area contributed by atoms with Crippen LogP contribution < -0.4 is 10.5 Å². The van der Waals surface area contributed by atoms with Crippen LogP contribution in [0.4, 0.5) is 0 Å². The molecule has 52 valence electrons. The molecular formula is C8H11NSi. The average molecular weight is 149 g/mol. The Bertz CT molecular complexity index is 209. The Morgan fingerprint density at radius 3 is 3.10 bits per heavy atom. The van der Waals surface area contributed by atoms with E-state index in [-0.39, 0.29) is 9.52 Å². The quantitative estimate of drug-likeness (QED) is 0.492. The van der Waals surface area contributed by atoms with Crippen LogP contribution in [0.25, 0.3) is 0 Å². The summed E-state index contributed by atoms with van der Waals surface area (Å²) in [7, 11) is 0.0457. The first kappa shape index (κ1) is 6.13. The fourth-order valence-corrected chi connectivity index (χ4v) is 2.91. The van der Waals surface area contributed by atoms with Crippen LogP contribution >= 0.6 is 0 Å². The zero-order valence-electron chi connectivity index (χ0n) is 5.93. The molecule has 2 rings (SSSR count). The molecule has 0 saturated carbocycles. The Kier molecular flexibility index (Phi) is 1.57. The first-order valence-electron chi connectivity index (χ1n) is 3.74. The summed E-state index contributed by atoms with van der Waals surface area (Å²) < 4.78 is 0. The van der Waals surface area contributed by atoms with Gasteiger partial charge in [-0.05, 0) is 11.7 Å². The van der Waals surface area contributed by atoms with Crippen molar-refractivity contribution in [3.05, 3.63) is 29.8 Å². The van der Waals surface area contributed by atoms with E-state index in [1.807, 2.05) is 0 Å². The second-order valence-electron chi connectivity index (χ2n) is 2.70. The number of nitrogens with one attached hydrogen (secondary N) is 1. The van der Waals surface area contributed by atoms with Gasteiger partial charge < -0.3 is 5.32 Å². The maximum absolute atomic E-state index is 3.40. The van der Waals surface area contributed by atoms with Crippen LogP contribution in [0.15, 0.2) is 24.3 Å². The van der Waals surface area contributed by atoms with E-state index in [0.29, 0.717) is 0 Å². The van der Waals surface area contributed by atoms with Crippen molar-refractivity contribution in [3.63, 3.8) is 0 Å². The Morgan fingerprint density at radius 1 is 1.30 bits per heavy atom. The Labute approximate surface area is 63.3 Å². The minimum atomic E-state index is 0.0457. The van der Waals surface area contributed by atoms with Gasteiger partial charge >= 0.3 is 0 Å². The summed E-state index contributed by atoms with van der Waals surface area (Å²) in [6, 6.07) is 8.79. The first-order valence-corrected chi connectivity index (χ1v) is 5.45. The molecule has 2 heteroatoms. The van der Waals surface area contributed by atoms with E-state index in [4.69, 9.17) is 0 Å². The molecule has 10 heavy (non-hydrogen) atoms. The number of benzene rings is 1. The first-order chi connectivity index (χ1) is 4.97. The van der Waals surface area contributed by atoms with Gasteiger partial charge in [-0.3, -0.25) is 0 Å². The van der Waals surface area contributed by atoms with Gasteiger partial charge in [-0.2, -0.15) is 0 Å². The van der Waals surface area contributed by atoms with Crippen molar-refractivity contribution in [1.29, 1.82) is 0 Å². The van der Waals surface area contributed by atoms with E-state index in [1.54, 1.807) is 5.19 Å². The molecule has 1 N–H and O–H groups in total. The van der Waals surface area contributed by atoms with Gasteiger partial charge in [0.1, 0.15) is 0 Å². The summed E-state index contributed by atoms with van der Waals surface area (Å²) in [4.78, 5) is 0. The van der Waals surface area contributed by atoms with Crippen LogP contribution in [0.2, 0.25) is 0 Å². The lowest BCUT2D eigenvalue weighted by molar-refractivity contribution is 0.780. The van der Waals surface area contributed by atoms with Gasteiger partial charge in [-0.15, -0.1) is 0 Å². The molecule has 0 spiro atoms. The zero-order valence-corrected chi connectivity index (χ0v) is 7.34. The predicted octanol–water partition coefficient (Wildman–Crippen LogP) is -0.459. The van der Waals surface area contributed by atoms with Crippen LogP contribution in [0.1, 0.15) is 5.56 Å². The maximum Gasteiger partial charge on any atom is 0.0705 e. The number of fused-ring (bicyclic) bond motifs is 1. The van der Waals surface area contributed by atoms with E-state index >= 15 is 0 Å². The van der Waals surface area contributed by atoms with Gasteiger partial charge in [0.2, 0.25) is 0 Å². The summed E-state index contributed by atoms with van der Waals surface area (Å²) in [5.74, 6) is 0. The lowest BCUT2D eigenvalue weighted by Gasteiger charge is -2.15. The molecule has 1 aromatic rings. The highest BCUT2D eigenvalue weighted by Crippen LogP contribution is 1.97. The molecule has 0 unspecified atom stereocenters. The molecule has 1 aromatic carbocycles.